The van der Waals surface area contributed by atoms with Crippen molar-refractivity contribution in [2.75, 3.05) is 12.4 Å². The molecule has 1 aliphatic rings. The van der Waals surface area contributed by atoms with Crippen LogP contribution in [0, 0.1) is 5.82 Å². The van der Waals surface area contributed by atoms with Crippen LogP contribution in [0.2, 0.25) is 0 Å². The predicted molar refractivity (Wildman–Crippen MR) is 218 cm³/mol. The van der Waals surface area contributed by atoms with Crippen LogP contribution in [0.4, 0.5) is 4.39 Å². The van der Waals surface area contributed by atoms with Gasteiger partial charge in [0.05, 0.1) is 18.4 Å². The van der Waals surface area contributed by atoms with Crippen molar-refractivity contribution in [2.45, 2.75) is 32.9 Å². The van der Waals surface area contributed by atoms with Crippen molar-refractivity contribution in [2.24, 2.45) is 4.99 Å². The minimum Gasteiger partial charge on any atom is -0.490 e. The summed E-state index contributed by atoms with van der Waals surface area (Å²) in [5.41, 5.74) is 4.05. The largest absolute Gasteiger partial charge is 0.490 e. The van der Waals surface area contributed by atoms with Gasteiger partial charge in [0.2, 0.25) is 5.91 Å². The van der Waals surface area contributed by atoms with Crippen LogP contribution in [0.1, 0.15) is 47.7 Å². The van der Waals surface area contributed by atoms with Crippen LogP contribution in [0.3, 0.4) is 0 Å². The van der Waals surface area contributed by atoms with Gasteiger partial charge in [-0.15, -0.1) is 6.58 Å². The van der Waals surface area contributed by atoms with E-state index in [2.05, 4.69) is 23.5 Å². The summed E-state index contributed by atoms with van der Waals surface area (Å²) in [4.78, 5) is 47.2. The molecule has 0 aromatic heterocycles. The number of benzene rings is 4. The number of hydrogen-bond donors (Lipinski definition) is 1. The second kappa shape index (κ2) is 19.7. The number of nitrogens with zero attached hydrogens (tertiary/aromatic N) is 2. The van der Waals surface area contributed by atoms with Crippen molar-refractivity contribution in [3.05, 3.63) is 186 Å². The molecule has 280 valence electrons. The van der Waals surface area contributed by atoms with E-state index in [1.165, 1.54) is 23.1 Å². The molecule has 4 aromatic carbocycles. The van der Waals surface area contributed by atoms with Gasteiger partial charge in [0.15, 0.2) is 16.7 Å². The van der Waals surface area contributed by atoms with Crippen LogP contribution >= 0.6 is 11.8 Å². The lowest BCUT2D eigenvalue weighted by atomic mass is 9.99. The Morgan fingerprint density at radius 1 is 0.964 bits per heavy atom. The molecule has 0 spiro atoms. The van der Waals surface area contributed by atoms with Gasteiger partial charge < -0.3 is 14.8 Å². The van der Waals surface area contributed by atoms with Gasteiger partial charge in [0.25, 0.3) is 11.8 Å². The second-order valence-electron chi connectivity index (χ2n) is 12.2. The number of halogens is 1. The third-order valence-electron chi connectivity index (χ3n) is 8.34. The van der Waals surface area contributed by atoms with E-state index in [0.717, 1.165) is 28.5 Å². The number of allylic oxidation sites excluding steroid dienone is 5. The smallest absolute Gasteiger partial charge is 0.285 e. The molecule has 1 N–H and O–H groups in total. The highest BCUT2D eigenvalue weighted by Crippen LogP contribution is 2.36. The number of thioether (sulfide) groups is 1. The lowest BCUT2D eigenvalue weighted by Crippen LogP contribution is -2.42. The molecule has 0 atom stereocenters. The Morgan fingerprint density at radius 2 is 1.64 bits per heavy atom. The first-order chi connectivity index (χ1) is 26.8. The zero-order valence-electron chi connectivity index (χ0n) is 30.7. The first-order valence-corrected chi connectivity index (χ1v) is 18.7. The minimum atomic E-state index is -0.751. The highest BCUT2D eigenvalue weighted by Gasteiger charge is 2.35. The Kier molecular flexibility index (Phi) is 14.3. The molecule has 0 bridgehead atoms. The molecule has 1 heterocycles. The fraction of sp³-hybridized carbons (Fsp3) is 0.156. The van der Waals surface area contributed by atoms with Gasteiger partial charge in [-0.05, 0) is 78.9 Å². The molecule has 0 unspecified atom stereocenters. The summed E-state index contributed by atoms with van der Waals surface area (Å²) < 4.78 is 25.6. The summed E-state index contributed by atoms with van der Waals surface area (Å²) in [5, 5.41) is 3.16. The number of ether oxygens (including phenoxy) is 2. The minimum absolute atomic E-state index is 0.0620. The Bertz CT molecular complexity index is 2100. The van der Waals surface area contributed by atoms with E-state index in [4.69, 9.17) is 9.47 Å². The number of aliphatic imine (C=N–C) groups is 1. The van der Waals surface area contributed by atoms with Crippen molar-refractivity contribution in [3.8, 4) is 11.5 Å². The lowest BCUT2D eigenvalue weighted by molar-refractivity contribution is -0.126. The van der Waals surface area contributed by atoms with Crippen molar-refractivity contribution < 1.29 is 28.2 Å². The molecule has 0 saturated heterocycles. The maximum Gasteiger partial charge on any atom is 0.285 e. The molecule has 0 radical (unpaired) electrons. The Hall–Kier alpha value is -6.26. The number of carbonyl (C=O) groups is 3. The van der Waals surface area contributed by atoms with E-state index in [1.807, 2.05) is 67.6 Å². The molecule has 10 heteroatoms. The van der Waals surface area contributed by atoms with Gasteiger partial charge in [-0.1, -0.05) is 115 Å². The number of carbonyl (C=O) groups excluding carboxylic acids is 3. The fourth-order valence-corrected chi connectivity index (χ4v) is 6.60. The quantitative estimate of drug-likeness (QED) is 0.0531. The standard InChI is InChI=1S/C45H42FN3O5S/c1-5-9-21-37(7-3)49-44(52)38(27-32-26-35(16-6-2)42(39(28-32)53-8-4)54-29-31-22-24-36(46)25-23-31)43(51)48-45(49)55-30-40(50)47-41(33-17-12-10-13-18-33)34-19-14-11-15-20-34/h5-7,9-15,17-28,41H,1-2,8,16,29-30H2,3-4H3,(H,47,50)/b21-9-,37-7+,38-27+. The topological polar surface area (TPSA) is 97.3 Å². The van der Waals surface area contributed by atoms with E-state index in [9.17, 15) is 18.8 Å². The average molecular weight is 756 g/mol. The first-order valence-electron chi connectivity index (χ1n) is 17.7. The number of amides is 3. The summed E-state index contributed by atoms with van der Waals surface area (Å²) in [5.74, 6) is -1.26. The van der Waals surface area contributed by atoms with Crippen LogP contribution in [0.15, 0.2) is 157 Å². The maximum atomic E-state index is 14.3. The SMILES string of the molecule is C=C/C=C\C(=C/C)N1C(=O)/C(=C/c2cc(CC=C)c(OCc3ccc(F)cc3)c(OCC)c2)C(=O)N=C1SCC(=O)NC(c1ccccc1)c1ccccc1. The molecule has 3 amide bonds. The molecule has 4 aromatic rings. The van der Waals surface area contributed by atoms with E-state index < -0.39 is 17.9 Å². The molecule has 55 heavy (non-hydrogen) atoms. The summed E-state index contributed by atoms with van der Waals surface area (Å²) in [6, 6.07) is 28.3. The van der Waals surface area contributed by atoms with E-state index in [-0.39, 0.29) is 34.8 Å². The van der Waals surface area contributed by atoms with Crippen LogP contribution in [0.25, 0.3) is 6.08 Å². The van der Waals surface area contributed by atoms with Crippen LogP contribution in [0.5, 0.6) is 11.5 Å². The molecular weight excluding hydrogens is 714 g/mol. The van der Waals surface area contributed by atoms with Crippen LogP contribution < -0.4 is 14.8 Å². The summed E-state index contributed by atoms with van der Waals surface area (Å²) >= 11 is 0.989. The molecule has 0 fully saturated rings. The average Bonchev–Trinajstić information content (AvgIpc) is 3.20. The first kappa shape index (κ1) is 39.9. The number of rotatable bonds is 16. The second-order valence-corrected chi connectivity index (χ2v) is 13.1. The molecule has 5 rings (SSSR count). The monoisotopic (exact) mass is 755 g/mol. The van der Waals surface area contributed by atoms with Crippen molar-refractivity contribution in [3.63, 3.8) is 0 Å². The molecular formula is C45H42FN3O5S. The summed E-state index contributed by atoms with van der Waals surface area (Å²) in [7, 11) is 0. The Balaban J connectivity index is 1.45. The van der Waals surface area contributed by atoms with E-state index in [1.54, 1.807) is 61.6 Å². The number of amidine groups is 1. The maximum absolute atomic E-state index is 14.3. The lowest BCUT2D eigenvalue weighted by Gasteiger charge is -2.28. The van der Waals surface area contributed by atoms with Crippen LogP contribution in [-0.2, 0) is 27.4 Å². The van der Waals surface area contributed by atoms with Crippen LogP contribution in [-0.4, -0.2) is 40.1 Å². The van der Waals surface area contributed by atoms with Crippen molar-refractivity contribution in [1.82, 2.24) is 10.2 Å². The van der Waals surface area contributed by atoms with E-state index in [0.29, 0.717) is 41.4 Å². The summed E-state index contributed by atoms with van der Waals surface area (Å²) in [6.45, 7) is 11.7. The third kappa shape index (κ3) is 10.5. The fourth-order valence-electron chi connectivity index (χ4n) is 5.80. The number of nitrogens with one attached hydrogen (secondary N) is 1. The van der Waals surface area contributed by atoms with Gasteiger partial charge in [0, 0.05) is 11.3 Å². The zero-order chi connectivity index (χ0) is 39.2. The van der Waals surface area contributed by atoms with E-state index >= 15 is 0 Å². The summed E-state index contributed by atoms with van der Waals surface area (Å²) in [6.07, 6.45) is 10.2. The molecule has 1 aliphatic heterocycles. The normalized spacial score (nSPS) is 14.0. The molecule has 0 saturated carbocycles. The molecule has 0 aliphatic carbocycles. The van der Waals surface area contributed by atoms with Crippen molar-refractivity contribution >= 4 is 40.7 Å². The zero-order valence-corrected chi connectivity index (χ0v) is 31.6. The van der Waals surface area contributed by atoms with Gasteiger partial charge in [0.1, 0.15) is 18.0 Å². The Morgan fingerprint density at radius 3 is 2.24 bits per heavy atom. The third-order valence-corrected chi connectivity index (χ3v) is 9.28. The number of hydrogen-bond acceptors (Lipinski definition) is 6. The van der Waals surface area contributed by atoms with Gasteiger partial charge in [-0.3, -0.25) is 19.3 Å². The predicted octanol–water partition coefficient (Wildman–Crippen LogP) is 8.93. The van der Waals surface area contributed by atoms with Gasteiger partial charge >= 0.3 is 0 Å². The van der Waals surface area contributed by atoms with Gasteiger partial charge in [-0.2, -0.15) is 4.99 Å². The van der Waals surface area contributed by atoms with Crippen molar-refractivity contribution in [1.29, 1.82) is 0 Å². The highest BCUT2D eigenvalue weighted by atomic mass is 32.2. The van der Waals surface area contributed by atoms with Gasteiger partial charge in [-0.25, -0.2) is 4.39 Å². The highest BCUT2D eigenvalue weighted by molar-refractivity contribution is 8.14. The molecule has 8 nitrogen and oxygen atoms in total. The Labute approximate surface area is 325 Å².